The number of ether oxygens (including phenoxy) is 2. The van der Waals surface area contributed by atoms with Crippen molar-refractivity contribution in [2.75, 3.05) is 31.8 Å². The topological polar surface area (TPSA) is 69.5 Å². The first-order valence-corrected chi connectivity index (χ1v) is 8.91. The second-order valence-electron chi connectivity index (χ2n) is 7.82. The Balaban J connectivity index is 1.62. The van der Waals surface area contributed by atoms with Crippen molar-refractivity contribution in [2.24, 2.45) is 5.41 Å². The van der Waals surface area contributed by atoms with Gasteiger partial charge in [0.2, 0.25) is 0 Å². The van der Waals surface area contributed by atoms with Gasteiger partial charge in [0.05, 0.1) is 19.4 Å². The fourth-order valence-electron chi connectivity index (χ4n) is 3.86. The Morgan fingerprint density at radius 2 is 2.12 bits per heavy atom. The Morgan fingerprint density at radius 1 is 1.31 bits per heavy atom. The number of aromatic nitrogens is 3. The highest BCUT2D eigenvalue weighted by Gasteiger charge is 2.36. The summed E-state index contributed by atoms with van der Waals surface area (Å²) in [5.41, 5.74) is 2.51. The molecule has 0 N–H and O–H groups in total. The van der Waals surface area contributed by atoms with E-state index in [2.05, 4.69) is 30.2 Å². The molecule has 2 aromatic rings. The highest BCUT2D eigenvalue weighted by Crippen LogP contribution is 2.36. The van der Waals surface area contributed by atoms with Gasteiger partial charge in [0.1, 0.15) is 12.1 Å². The van der Waals surface area contributed by atoms with Crippen molar-refractivity contribution in [1.29, 1.82) is 0 Å². The number of nitrogens with zero attached hydrogens (tertiary/aromatic N) is 4. The molecule has 3 heterocycles. The molecule has 26 heavy (non-hydrogen) atoms. The highest BCUT2D eigenvalue weighted by atomic mass is 16.5. The number of carbonyl (C=O) groups excluding carboxylic acids is 1. The number of carbonyl (C=O) groups is 1. The molecular weight excluding hydrogens is 332 g/mol. The number of rotatable bonds is 3. The molecule has 0 unspecified atom stereocenters. The third kappa shape index (κ3) is 3.01. The summed E-state index contributed by atoms with van der Waals surface area (Å²) in [6.07, 6.45) is 2.58. The monoisotopic (exact) mass is 356 g/mol. The van der Waals surface area contributed by atoms with Crippen molar-refractivity contribution in [3.05, 3.63) is 41.7 Å². The summed E-state index contributed by atoms with van der Waals surface area (Å²) in [7, 11) is 1.65. The minimum absolute atomic E-state index is 0.0143. The van der Waals surface area contributed by atoms with Gasteiger partial charge in [-0.1, -0.05) is 37.3 Å². The zero-order valence-corrected chi connectivity index (χ0v) is 15.4. The molecule has 7 heteroatoms. The molecule has 0 spiro atoms. The summed E-state index contributed by atoms with van der Waals surface area (Å²) >= 11 is 0. The van der Waals surface area contributed by atoms with E-state index in [1.807, 2.05) is 23.1 Å². The summed E-state index contributed by atoms with van der Waals surface area (Å²) in [4.78, 5) is 15.0. The van der Waals surface area contributed by atoms with E-state index in [1.165, 1.54) is 5.56 Å². The number of hydrogen-bond donors (Lipinski definition) is 0. The van der Waals surface area contributed by atoms with Gasteiger partial charge in [-0.3, -0.25) is 4.79 Å². The minimum atomic E-state index is -0.121. The Morgan fingerprint density at radius 3 is 2.92 bits per heavy atom. The lowest BCUT2D eigenvalue weighted by molar-refractivity contribution is 0.0661. The SMILES string of the molecule is CO[C@@H]1COC[C@H]1n1cc(C(=O)N2CC(C)(C)Cc3ccccc32)nn1. The van der Waals surface area contributed by atoms with Crippen LogP contribution in [0, 0.1) is 5.41 Å². The predicted octanol–water partition coefficient (Wildman–Crippen LogP) is 2.09. The van der Waals surface area contributed by atoms with Gasteiger partial charge in [0.25, 0.3) is 5.91 Å². The fourth-order valence-corrected chi connectivity index (χ4v) is 3.86. The number of anilines is 1. The molecule has 4 rings (SSSR count). The van der Waals surface area contributed by atoms with E-state index in [4.69, 9.17) is 9.47 Å². The van der Waals surface area contributed by atoms with Crippen molar-refractivity contribution in [1.82, 2.24) is 15.0 Å². The molecule has 1 amide bonds. The van der Waals surface area contributed by atoms with Gasteiger partial charge in [0.15, 0.2) is 5.69 Å². The van der Waals surface area contributed by atoms with Crippen molar-refractivity contribution in [3.63, 3.8) is 0 Å². The number of benzene rings is 1. The van der Waals surface area contributed by atoms with Crippen LogP contribution < -0.4 is 4.90 Å². The van der Waals surface area contributed by atoms with E-state index < -0.39 is 0 Å². The standard InChI is InChI=1S/C19H24N4O3/c1-19(2)8-13-6-4-5-7-15(13)22(12-19)18(24)14-9-23(21-20-14)16-10-26-11-17(16)25-3/h4-7,9,16-17H,8,10-12H2,1-3H3/t16-,17-/m1/s1. The Bertz CT molecular complexity index is 817. The van der Waals surface area contributed by atoms with Gasteiger partial charge in [-0.05, 0) is 23.5 Å². The van der Waals surface area contributed by atoms with Crippen LogP contribution in [0.15, 0.2) is 30.5 Å². The zero-order valence-electron chi connectivity index (χ0n) is 15.4. The summed E-state index contributed by atoms with van der Waals surface area (Å²) in [6, 6.07) is 8.02. The lowest BCUT2D eigenvalue weighted by atomic mass is 9.81. The van der Waals surface area contributed by atoms with Crippen LogP contribution in [0.5, 0.6) is 0 Å². The van der Waals surface area contributed by atoms with Gasteiger partial charge in [-0.2, -0.15) is 0 Å². The van der Waals surface area contributed by atoms with Crippen LogP contribution in [0.1, 0.15) is 35.9 Å². The number of para-hydroxylation sites is 1. The van der Waals surface area contributed by atoms with Crippen LogP contribution in [0.4, 0.5) is 5.69 Å². The molecule has 0 saturated carbocycles. The van der Waals surface area contributed by atoms with Crippen LogP contribution in [-0.2, 0) is 15.9 Å². The van der Waals surface area contributed by atoms with E-state index in [0.717, 1.165) is 12.1 Å². The first-order chi connectivity index (χ1) is 12.5. The molecule has 2 aliphatic heterocycles. The molecule has 1 aromatic carbocycles. The van der Waals surface area contributed by atoms with Gasteiger partial charge in [0, 0.05) is 19.3 Å². The molecule has 1 aromatic heterocycles. The zero-order chi connectivity index (χ0) is 18.3. The molecular formula is C19H24N4O3. The van der Waals surface area contributed by atoms with Gasteiger partial charge >= 0.3 is 0 Å². The molecule has 0 bridgehead atoms. The maximum Gasteiger partial charge on any atom is 0.280 e. The second-order valence-corrected chi connectivity index (χ2v) is 7.82. The van der Waals surface area contributed by atoms with E-state index in [9.17, 15) is 4.79 Å². The average molecular weight is 356 g/mol. The molecule has 1 saturated heterocycles. The van der Waals surface area contributed by atoms with Crippen LogP contribution in [-0.4, -0.2) is 53.9 Å². The summed E-state index contributed by atoms with van der Waals surface area (Å²) in [6.45, 7) is 6.05. The number of amides is 1. The molecule has 7 nitrogen and oxygen atoms in total. The molecule has 2 aliphatic rings. The predicted molar refractivity (Wildman–Crippen MR) is 96.3 cm³/mol. The quantitative estimate of drug-likeness (QED) is 0.842. The Hall–Kier alpha value is -2.25. The van der Waals surface area contributed by atoms with E-state index >= 15 is 0 Å². The van der Waals surface area contributed by atoms with E-state index in [-0.39, 0.29) is 23.5 Å². The second kappa shape index (κ2) is 6.48. The minimum Gasteiger partial charge on any atom is -0.377 e. The molecule has 2 atom stereocenters. The Labute approximate surface area is 152 Å². The summed E-state index contributed by atoms with van der Waals surface area (Å²) in [5.74, 6) is -0.121. The van der Waals surface area contributed by atoms with Crippen molar-refractivity contribution in [2.45, 2.75) is 32.4 Å². The third-order valence-corrected chi connectivity index (χ3v) is 5.15. The van der Waals surface area contributed by atoms with Crippen molar-refractivity contribution >= 4 is 11.6 Å². The van der Waals surface area contributed by atoms with Crippen molar-refractivity contribution < 1.29 is 14.3 Å². The van der Waals surface area contributed by atoms with Gasteiger partial charge in [-0.25, -0.2) is 4.68 Å². The van der Waals surface area contributed by atoms with Gasteiger partial charge in [-0.15, -0.1) is 5.10 Å². The van der Waals surface area contributed by atoms with Crippen LogP contribution in [0.3, 0.4) is 0 Å². The normalized spacial score (nSPS) is 24.5. The molecule has 0 radical (unpaired) electrons. The van der Waals surface area contributed by atoms with Crippen molar-refractivity contribution in [3.8, 4) is 0 Å². The number of methoxy groups -OCH3 is 1. The number of hydrogen-bond acceptors (Lipinski definition) is 5. The average Bonchev–Trinajstić information content (AvgIpc) is 3.28. The number of fused-ring (bicyclic) bond motifs is 1. The molecule has 1 fully saturated rings. The lowest BCUT2D eigenvalue weighted by Crippen LogP contribution is -2.44. The Kier molecular flexibility index (Phi) is 4.28. The molecule has 138 valence electrons. The summed E-state index contributed by atoms with van der Waals surface area (Å²) < 4.78 is 12.6. The maximum atomic E-state index is 13.2. The first kappa shape index (κ1) is 17.2. The lowest BCUT2D eigenvalue weighted by Gasteiger charge is -2.39. The molecule has 0 aliphatic carbocycles. The highest BCUT2D eigenvalue weighted by molar-refractivity contribution is 6.05. The fraction of sp³-hybridized carbons (Fsp3) is 0.526. The smallest absolute Gasteiger partial charge is 0.280 e. The van der Waals surface area contributed by atoms with Crippen LogP contribution >= 0.6 is 0 Å². The van der Waals surface area contributed by atoms with E-state index in [1.54, 1.807) is 18.0 Å². The largest absolute Gasteiger partial charge is 0.377 e. The maximum absolute atomic E-state index is 13.2. The van der Waals surface area contributed by atoms with Crippen LogP contribution in [0.25, 0.3) is 0 Å². The third-order valence-electron chi connectivity index (χ3n) is 5.15. The van der Waals surface area contributed by atoms with E-state index in [0.29, 0.717) is 25.5 Å². The summed E-state index contributed by atoms with van der Waals surface area (Å²) in [5, 5.41) is 8.30. The first-order valence-electron chi connectivity index (χ1n) is 8.91. The van der Waals surface area contributed by atoms with Gasteiger partial charge < -0.3 is 14.4 Å². The van der Waals surface area contributed by atoms with Crippen LogP contribution in [0.2, 0.25) is 0 Å².